The number of rotatable bonds is 5. The number of nitrogens with one attached hydrogen (secondary N) is 1. The number of ether oxygens (including phenoxy) is 5. The van der Waals surface area contributed by atoms with Crippen molar-refractivity contribution in [3.63, 3.8) is 0 Å². The van der Waals surface area contributed by atoms with E-state index < -0.39 is 12.2 Å². The number of methoxy groups -OCH3 is 3. The monoisotopic (exact) mass is 339 g/mol. The number of amides is 1. The first-order valence-corrected chi connectivity index (χ1v) is 7.61. The minimum atomic E-state index is -0.660. The molecule has 1 aromatic rings. The number of aliphatic hydroxyl groups excluding tert-OH is 1. The van der Waals surface area contributed by atoms with E-state index in [9.17, 15) is 9.90 Å². The van der Waals surface area contributed by atoms with E-state index in [0.29, 0.717) is 17.1 Å². The number of carbonyl (C=O) groups is 1. The summed E-state index contributed by atoms with van der Waals surface area (Å²) in [5.74, 6) is 0.766. The zero-order chi connectivity index (χ0) is 17.3. The van der Waals surface area contributed by atoms with Crippen LogP contribution in [0.15, 0.2) is 12.1 Å². The highest BCUT2D eigenvalue weighted by Gasteiger charge is 2.47. The van der Waals surface area contributed by atoms with E-state index in [2.05, 4.69) is 5.32 Å². The highest BCUT2D eigenvalue weighted by molar-refractivity contribution is 5.98. The lowest BCUT2D eigenvalue weighted by Gasteiger charge is -2.19. The topological polar surface area (TPSA) is 95.5 Å². The Morgan fingerprint density at radius 2 is 1.79 bits per heavy atom. The van der Waals surface area contributed by atoms with Crippen LogP contribution < -0.4 is 19.5 Å². The Balaban J connectivity index is 1.80. The van der Waals surface area contributed by atoms with Crippen LogP contribution >= 0.6 is 0 Å². The fourth-order valence-electron chi connectivity index (χ4n) is 3.13. The van der Waals surface area contributed by atoms with E-state index in [1.807, 2.05) is 0 Å². The second-order valence-corrected chi connectivity index (χ2v) is 5.63. The third-order valence-corrected chi connectivity index (χ3v) is 4.29. The second-order valence-electron chi connectivity index (χ2n) is 5.63. The Hall–Kier alpha value is -2.03. The molecule has 2 aliphatic heterocycles. The molecule has 2 aliphatic rings. The summed E-state index contributed by atoms with van der Waals surface area (Å²) in [4.78, 5) is 12.7. The van der Waals surface area contributed by atoms with Crippen molar-refractivity contribution in [3.8, 4) is 17.2 Å². The predicted molar refractivity (Wildman–Crippen MR) is 82.8 cm³/mol. The first-order valence-electron chi connectivity index (χ1n) is 7.61. The summed E-state index contributed by atoms with van der Waals surface area (Å²) in [6.45, 7) is 0.495. The van der Waals surface area contributed by atoms with Crippen molar-refractivity contribution in [1.82, 2.24) is 5.32 Å². The van der Waals surface area contributed by atoms with E-state index >= 15 is 0 Å². The number of fused-ring (bicyclic) bond motifs is 1. The van der Waals surface area contributed by atoms with Crippen LogP contribution in [0, 0.1) is 0 Å². The molecular weight excluding hydrogens is 318 g/mol. The number of carbonyl (C=O) groups excluding carboxylic acids is 1. The van der Waals surface area contributed by atoms with Gasteiger partial charge in [-0.05, 0) is 12.1 Å². The molecule has 1 aromatic carbocycles. The zero-order valence-corrected chi connectivity index (χ0v) is 13.8. The van der Waals surface area contributed by atoms with Gasteiger partial charge in [-0.25, -0.2) is 0 Å². The second kappa shape index (κ2) is 6.84. The van der Waals surface area contributed by atoms with Crippen LogP contribution in [0.1, 0.15) is 10.4 Å². The molecule has 2 fully saturated rings. The predicted octanol–water partition coefficient (Wildman–Crippen LogP) is -0.0307. The maximum absolute atomic E-state index is 12.7. The van der Waals surface area contributed by atoms with E-state index in [-0.39, 0.29) is 37.0 Å². The molecule has 2 saturated heterocycles. The van der Waals surface area contributed by atoms with Gasteiger partial charge in [-0.2, -0.15) is 0 Å². The molecule has 8 heteroatoms. The van der Waals surface area contributed by atoms with Crippen molar-refractivity contribution in [3.05, 3.63) is 17.7 Å². The normalized spacial score (nSPS) is 28.3. The average molecular weight is 339 g/mol. The van der Waals surface area contributed by atoms with Gasteiger partial charge in [-0.3, -0.25) is 4.79 Å². The molecule has 8 nitrogen and oxygen atoms in total. The van der Waals surface area contributed by atoms with Crippen LogP contribution in [0.3, 0.4) is 0 Å². The lowest BCUT2D eigenvalue weighted by atomic mass is 10.1. The number of benzene rings is 1. The van der Waals surface area contributed by atoms with Gasteiger partial charge in [-0.15, -0.1) is 0 Å². The standard InChI is InChI=1S/C16H21NO7/c1-20-11-5-4-8(12(21-2)15(11)22-3)16(19)17-9-6-23-14-10(18)7-24-13(9)14/h4-5,9-10,13-14,18H,6-7H2,1-3H3,(H,17,19)/t9-,10-,13+,14+/m0/s1. The van der Waals surface area contributed by atoms with E-state index in [4.69, 9.17) is 23.7 Å². The fraction of sp³-hybridized carbons (Fsp3) is 0.562. The van der Waals surface area contributed by atoms with Gasteiger partial charge in [-0.1, -0.05) is 0 Å². The van der Waals surface area contributed by atoms with Gasteiger partial charge < -0.3 is 34.1 Å². The summed E-state index contributed by atoms with van der Waals surface area (Å²) >= 11 is 0. The molecule has 0 saturated carbocycles. The maximum Gasteiger partial charge on any atom is 0.255 e. The third-order valence-electron chi connectivity index (χ3n) is 4.29. The van der Waals surface area contributed by atoms with Crippen LogP contribution in [0.2, 0.25) is 0 Å². The average Bonchev–Trinajstić information content (AvgIpc) is 3.16. The van der Waals surface area contributed by atoms with Gasteiger partial charge in [0.1, 0.15) is 18.3 Å². The van der Waals surface area contributed by atoms with Crippen LogP contribution in [0.4, 0.5) is 0 Å². The smallest absolute Gasteiger partial charge is 0.255 e. The molecule has 4 atom stereocenters. The molecule has 0 bridgehead atoms. The first kappa shape index (κ1) is 16.8. The molecule has 0 radical (unpaired) electrons. The molecule has 3 rings (SSSR count). The van der Waals surface area contributed by atoms with Crippen molar-refractivity contribution in [2.24, 2.45) is 0 Å². The Morgan fingerprint density at radius 1 is 1.08 bits per heavy atom. The van der Waals surface area contributed by atoms with Crippen molar-refractivity contribution < 1.29 is 33.6 Å². The SMILES string of the molecule is COc1ccc(C(=O)N[C@H]2CO[C@H]3[C@@H]2OC[C@@H]3O)c(OC)c1OC. The van der Waals surface area contributed by atoms with Gasteiger partial charge in [0, 0.05) is 0 Å². The van der Waals surface area contributed by atoms with Gasteiger partial charge in [0.15, 0.2) is 11.5 Å². The van der Waals surface area contributed by atoms with Crippen molar-refractivity contribution in [2.45, 2.75) is 24.4 Å². The molecule has 132 valence electrons. The molecule has 2 N–H and O–H groups in total. The highest BCUT2D eigenvalue weighted by atomic mass is 16.6. The van der Waals surface area contributed by atoms with Gasteiger partial charge in [0.05, 0.1) is 46.1 Å². The number of hydrogen-bond donors (Lipinski definition) is 2. The van der Waals surface area contributed by atoms with Crippen LogP contribution in [0.5, 0.6) is 17.2 Å². The minimum absolute atomic E-state index is 0.210. The van der Waals surface area contributed by atoms with Crippen molar-refractivity contribution in [1.29, 1.82) is 0 Å². The molecule has 24 heavy (non-hydrogen) atoms. The van der Waals surface area contributed by atoms with E-state index in [1.165, 1.54) is 21.3 Å². The molecule has 0 aromatic heterocycles. The quantitative estimate of drug-likeness (QED) is 0.778. The summed E-state index contributed by atoms with van der Waals surface area (Å²) in [7, 11) is 4.44. The highest BCUT2D eigenvalue weighted by Crippen LogP contribution is 2.39. The zero-order valence-electron chi connectivity index (χ0n) is 13.8. The molecule has 1 amide bonds. The molecule has 0 spiro atoms. The molecule has 0 aliphatic carbocycles. The summed E-state index contributed by atoms with van der Waals surface area (Å²) < 4.78 is 26.9. The minimum Gasteiger partial charge on any atom is -0.493 e. The van der Waals surface area contributed by atoms with E-state index in [1.54, 1.807) is 12.1 Å². The maximum atomic E-state index is 12.7. The summed E-state index contributed by atoms with van der Waals surface area (Å²) in [6, 6.07) is 2.91. The summed E-state index contributed by atoms with van der Waals surface area (Å²) in [6.07, 6.45) is -1.41. The van der Waals surface area contributed by atoms with Gasteiger partial charge in [0.2, 0.25) is 5.75 Å². The van der Waals surface area contributed by atoms with Crippen molar-refractivity contribution in [2.75, 3.05) is 34.5 Å². The Bertz CT molecular complexity index is 621. The summed E-state index contributed by atoms with van der Waals surface area (Å²) in [5, 5.41) is 12.6. The van der Waals surface area contributed by atoms with Gasteiger partial charge >= 0.3 is 0 Å². The summed E-state index contributed by atoms with van der Waals surface area (Å²) in [5.41, 5.74) is 0.317. The first-order chi connectivity index (χ1) is 11.6. The van der Waals surface area contributed by atoms with E-state index in [0.717, 1.165) is 0 Å². The fourth-order valence-corrected chi connectivity index (χ4v) is 3.13. The lowest BCUT2D eigenvalue weighted by Crippen LogP contribution is -2.44. The van der Waals surface area contributed by atoms with Crippen LogP contribution in [-0.2, 0) is 9.47 Å². The molecule has 2 heterocycles. The number of hydrogen-bond acceptors (Lipinski definition) is 7. The third kappa shape index (κ3) is 2.77. The largest absolute Gasteiger partial charge is 0.493 e. The van der Waals surface area contributed by atoms with Crippen LogP contribution in [-0.4, -0.2) is 69.9 Å². The van der Waals surface area contributed by atoms with Crippen molar-refractivity contribution >= 4 is 5.91 Å². The Labute approximate surface area is 139 Å². The van der Waals surface area contributed by atoms with Gasteiger partial charge in [0.25, 0.3) is 5.91 Å². The Kier molecular flexibility index (Phi) is 4.79. The molecular formula is C16H21NO7. The Morgan fingerprint density at radius 3 is 2.46 bits per heavy atom. The lowest BCUT2D eigenvalue weighted by molar-refractivity contribution is 0.0178. The molecule has 0 unspecified atom stereocenters. The number of aliphatic hydroxyl groups is 1. The van der Waals surface area contributed by atoms with Crippen LogP contribution in [0.25, 0.3) is 0 Å².